The van der Waals surface area contributed by atoms with Crippen LogP contribution in [-0.2, 0) is 41.4 Å². The SMILES string of the molecule is COC1C2COP(=O)(O)OC3C(CO[P+](=O)OC1C(n1cnc4c(=O)[nH]c(N)nc41)O2)OC(n1cnc2c(N)ncnc21)C3O. The second kappa shape index (κ2) is 11.4. The van der Waals surface area contributed by atoms with Crippen molar-refractivity contribution in [1.82, 2.24) is 39.0 Å². The van der Waals surface area contributed by atoms with Crippen LogP contribution in [-0.4, -0.2) is 106 Å². The third-order valence-electron chi connectivity index (χ3n) is 7.46. The topological polar surface area (TPSA) is 298 Å². The Morgan fingerprint density at radius 2 is 1.78 bits per heavy atom. The molecule has 0 aromatic carbocycles. The molecule has 45 heavy (non-hydrogen) atoms. The summed E-state index contributed by atoms with van der Waals surface area (Å²) in [6.07, 6.45) is -6.52. The number of aliphatic hydroxyl groups is 1. The number of aliphatic hydroxyl groups excluding tert-OH is 1. The molecule has 240 valence electrons. The number of hydrogen-bond acceptors (Lipinski definition) is 18. The number of nitrogens with one attached hydrogen (secondary N) is 1. The van der Waals surface area contributed by atoms with Gasteiger partial charge in [0.15, 0.2) is 41.2 Å². The number of methoxy groups -OCH3 is 1. The number of phosphoric acid groups is 1. The van der Waals surface area contributed by atoms with Gasteiger partial charge >= 0.3 is 16.1 Å². The van der Waals surface area contributed by atoms with Crippen LogP contribution in [0.2, 0.25) is 0 Å². The largest absolute Gasteiger partial charge is 0.698 e. The second-order valence-corrected chi connectivity index (χ2v) is 12.4. The first-order valence-corrected chi connectivity index (χ1v) is 15.7. The Hall–Kier alpha value is -3.53. The summed E-state index contributed by atoms with van der Waals surface area (Å²) in [4.78, 5) is 45.7. The van der Waals surface area contributed by atoms with E-state index in [1.165, 1.54) is 35.2 Å². The quantitative estimate of drug-likeness (QED) is 0.161. The molecule has 10 unspecified atom stereocenters. The molecule has 3 aliphatic rings. The lowest BCUT2D eigenvalue weighted by Gasteiger charge is -2.23. The molecule has 0 spiro atoms. The molecule has 7 rings (SSSR count). The van der Waals surface area contributed by atoms with E-state index in [-0.39, 0.29) is 34.1 Å². The zero-order valence-corrected chi connectivity index (χ0v) is 24.7. The van der Waals surface area contributed by atoms with Gasteiger partial charge in [0.05, 0.1) is 19.3 Å². The molecule has 0 saturated carbocycles. The highest BCUT2D eigenvalue weighted by molar-refractivity contribution is 7.47. The Labute approximate surface area is 251 Å². The summed E-state index contributed by atoms with van der Waals surface area (Å²) >= 11 is 0. The number of phosphoric ester groups is 1. The molecule has 0 amide bonds. The molecular formula is C21H25N10O12P2+. The highest BCUT2D eigenvalue weighted by Crippen LogP contribution is 2.51. The first-order chi connectivity index (χ1) is 21.5. The van der Waals surface area contributed by atoms with Crippen LogP contribution in [0.25, 0.3) is 22.3 Å². The highest BCUT2D eigenvalue weighted by Gasteiger charge is 2.55. The molecule has 3 fully saturated rings. The monoisotopic (exact) mass is 671 g/mol. The van der Waals surface area contributed by atoms with E-state index in [1.54, 1.807) is 0 Å². The van der Waals surface area contributed by atoms with Crippen molar-refractivity contribution in [1.29, 1.82) is 0 Å². The second-order valence-electron chi connectivity index (χ2n) is 10.1. The number of fused-ring (bicyclic) bond motifs is 5. The number of H-pyrrole nitrogens is 1. The van der Waals surface area contributed by atoms with Gasteiger partial charge in [0.2, 0.25) is 5.95 Å². The molecule has 3 aliphatic heterocycles. The third-order valence-corrected chi connectivity index (χ3v) is 9.22. The molecule has 2 bridgehead atoms. The van der Waals surface area contributed by atoms with Crippen LogP contribution in [0.1, 0.15) is 12.5 Å². The zero-order valence-electron chi connectivity index (χ0n) is 22.9. The first-order valence-electron chi connectivity index (χ1n) is 13.1. The van der Waals surface area contributed by atoms with Gasteiger partial charge in [-0.2, -0.15) is 4.98 Å². The fourth-order valence-corrected chi connectivity index (χ4v) is 7.20. The summed E-state index contributed by atoms with van der Waals surface area (Å²) in [6, 6.07) is 0. The van der Waals surface area contributed by atoms with E-state index in [2.05, 4.69) is 29.9 Å². The number of nitrogen functional groups attached to an aromatic ring is 2. The molecule has 24 heteroatoms. The van der Waals surface area contributed by atoms with Crippen LogP contribution in [0.5, 0.6) is 0 Å². The number of nitrogens with two attached hydrogens (primary N) is 2. The van der Waals surface area contributed by atoms with Crippen LogP contribution in [0.15, 0.2) is 23.8 Å². The standard InChI is InChI=1S/C21H24N10O12P2/c1-37-13-8-3-39-45(35,36)43-12-7(40-19(11(12)32)30-5-26-9-15(22)24-4-25-16(9)30)2-38-44(34)42-14(13)20(41-8)31-6-27-10-17(31)28-21(23)29-18(10)33/h4-8,11-14,19-20,32H,2-3H2,1H3,(H5-,22,23,24,25,28,29,33,35,36)/p+1. The summed E-state index contributed by atoms with van der Waals surface area (Å²) in [7, 11) is -6.60. The van der Waals surface area contributed by atoms with E-state index in [4.69, 9.17) is 43.8 Å². The van der Waals surface area contributed by atoms with E-state index < -0.39 is 83.9 Å². The van der Waals surface area contributed by atoms with E-state index in [0.717, 1.165) is 0 Å². The number of aromatic nitrogens is 8. The number of nitrogens with zero attached hydrogens (tertiary/aromatic N) is 7. The Balaban J connectivity index is 1.20. The Bertz CT molecular complexity index is 1890. The summed E-state index contributed by atoms with van der Waals surface area (Å²) in [5.41, 5.74) is 11.3. The molecule has 22 nitrogen and oxygen atoms in total. The van der Waals surface area contributed by atoms with Crippen molar-refractivity contribution in [2.45, 2.75) is 49.1 Å². The number of hydrogen-bond donors (Lipinski definition) is 5. The minimum absolute atomic E-state index is 0.0148. The van der Waals surface area contributed by atoms with Gasteiger partial charge < -0.3 is 35.7 Å². The zero-order chi connectivity index (χ0) is 31.6. The maximum atomic E-state index is 13.2. The maximum Gasteiger partial charge on any atom is 0.698 e. The van der Waals surface area contributed by atoms with Crippen molar-refractivity contribution in [3.8, 4) is 0 Å². The predicted octanol–water partition coefficient (Wildman–Crippen LogP) is -1.13. The van der Waals surface area contributed by atoms with Crippen molar-refractivity contribution >= 4 is 50.2 Å². The predicted molar refractivity (Wildman–Crippen MR) is 146 cm³/mol. The van der Waals surface area contributed by atoms with Gasteiger partial charge in [-0.15, -0.1) is 9.05 Å². The van der Waals surface area contributed by atoms with Crippen LogP contribution in [0.4, 0.5) is 11.8 Å². The van der Waals surface area contributed by atoms with Crippen molar-refractivity contribution in [3.05, 3.63) is 29.3 Å². The van der Waals surface area contributed by atoms with E-state index in [1.807, 2.05) is 0 Å². The molecule has 3 saturated heterocycles. The summed E-state index contributed by atoms with van der Waals surface area (Å²) in [5.74, 6) is -0.121. The van der Waals surface area contributed by atoms with Crippen molar-refractivity contribution < 1.29 is 51.4 Å². The van der Waals surface area contributed by atoms with Gasteiger partial charge in [-0.05, 0) is 0 Å². The van der Waals surface area contributed by atoms with Gasteiger partial charge in [0.1, 0.15) is 49.0 Å². The van der Waals surface area contributed by atoms with Gasteiger partial charge in [-0.25, -0.2) is 24.5 Å². The van der Waals surface area contributed by atoms with Crippen LogP contribution in [0, 0.1) is 0 Å². The van der Waals surface area contributed by atoms with Crippen molar-refractivity contribution in [2.75, 3.05) is 31.8 Å². The Kier molecular flexibility index (Phi) is 7.61. The smallest absolute Gasteiger partial charge is 0.386 e. The van der Waals surface area contributed by atoms with Crippen molar-refractivity contribution in [3.63, 3.8) is 0 Å². The minimum Gasteiger partial charge on any atom is -0.386 e. The summed E-state index contributed by atoms with van der Waals surface area (Å²) in [6.45, 7) is -1.14. The van der Waals surface area contributed by atoms with Crippen LogP contribution < -0.4 is 17.0 Å². The summed E-state index contributed by atoms with van der Waals surface area (Å²) in [5, 5.41) is 11.2. The molecule has 4 aromatic rings. The van der Waals surface area contributed by atoms with Gasteiger partial charge in [0, 0.05) is 11.7 Å². The number of imidazole rings is 2. The highest BCUT2D eigenvalue weighted by atomic mass is 31.2. The average Bonchev–Trinajstić information content (AvgIpc) is 3.75. The first kappa shape index (κ1) is 30.1. The fraction of sp³-hybridized carbons (Fsp3) is 0.524. The lowest BCUT2D eigenvalue weighted by atomic mass is 10.1. The van der Waals surface area contributed by atoms with Crippen LogP contribution in [0.3, 0.4) is 0 Å². The number of rotatable bonds is 3. The Morgan fingerprint density at radius 1 is 1.04 bits per heavy atom. The van der Waals surface area contributed by atoms with Crippen LogP contribution >= 0.6 is 16.1 Å². The van der Waals surface area contributed by atoms with E-state index in [9.17, 15) is 23.9 Å². The minimum atomic E-state index is -4.94. The van der Waals surface area contributed by atoms with E-state index in [0.29, 0.717) is 0 Å². The fourth-order valence-electron chi connectivity index (χ4n) is 5.48. The molecule has 7 N–H and O–H groups in total. The molecule has 4 aromatic heterocycles. The van der Waals surface area contributed by atoms with Gasteiger partial charge in [-0.1, -0.05) is 0 Å². The lowest BCUT2D eigenvalue weighted by molar-refractivity contribution is -0.0626. The maximum absolute atomic E-state index is 13.2. The number of ether oxygens (including phenoxy) is 3. The van der Waals surface area contributed by atoms with Crippen molar-refractivity contribution in [2.24, 2.45) is 0 Å². The van der Waals surface area contributed by atoms with E-state index >= 15 is 0 Å². The number of aromatic amines is 1. The molecule has 0 aliphatic carbocycles. The number of anilines is 2. The third kappa shape index (κ3) is 5.28. The molecule has 7 heterocycles. The Morgan fingerprint density at radius 3 is 2.56 bits per heavy atom. The van der Waals surface area contributed by atoms with Gasteiger partial charge in [-0.3, -0.25) is 28.0 Å². The lowest BCUT2D eigenvalue weighted by Crippen LogP contribution is -2.37. The van der Waals surface area contributed by atoms with Gasteiger partial charge in [0.25, 0.3) is 5.56 Å². The molecule has 0 radical (unpaired) electrons. The average molecular weight is 671 g/mol. The normalized spacial score (nSPS) is 35.2. The summed E-state index contributed by atoms with van der Waals surface area (Å²) < 4.78 is 68.4. The molecule has 10 atom stereocenters. The molecular weight excluding hydrogens is 646 g/mol.